The molecule has 1 amide bonds. The van der Waals surface area contributed by atoms with Crippen LogP contribution in [0.2, 0.25) is 0 Å². The first-order valence-corrected chi connectivity index (χ1v) is 8.06. The van der Waals surface area contributed by atoms with E-state index in [-0.39, 0.29) is 5.91 Å². The van der Waals surface area contributed by atoms with Crippen LogP contribution < -0.4 is 5.32 Å². The molecule has 3 aromatic rings. The second-order valence-corrected chi connectivity index (χ2v) is 6.43. The van der Waals surface area contributed by atoms with Crippen molar-refractivity contribution in [2.75, 3.05) is 5.32 Å². The number of hydrogen-bond acceptors (Lipinski definition) is 2. The Balaban J connectivity index is 2.07. The van der Waals surface area contributed by atoms with Gasteiger partial charge >= 0.3 is 0 Å². The monoisotopic (exact) mass is 402 g/mol. The summed E-state index contributed by atoms with van der Waals surface area (Å²) >= 11 is 2.22. The zero-order valence-corrected chi connectivity index (χ0v) is 14.5. The average molecular weight is 402 g/mol. The van der Waals surface area contributed by atoms with E-state index in [4.69, 9.17) is 0 Å². The van der Waals surface area contributed by atoms with Crippen LogP contribution in [0, 0.1) is 17.4 Å². The molecular formula is C18H15IN2O. The average Bonchev–Trinajstić information content (AvgIpc) is 2.49. The Labute approximate surface area is 142 Å². The van der Waals surface area contributed by atoms with E-state index in [1.807, 2.05) is 62.4 Å². The first-order valence-electron chi connectivity index (χ1n) is 6.98. The SMILES string of the molecule is Cc1ccc2nc(C)cc(C(=O)Nc3ccccc3I)c2c1. The van der Waals surface area contributed by atoms with E-state index in [9.17, 15) is 4.79 Å². The first kappa shape index (κ1) is 15.0. The van der Waals surface area contributed by atoms with Gasteiger partial charge in [-0.1, -0.05) is 23.8 Å². The van der Waals surface area contributed by atoms with Crippen molar-refractivity contribution in [2.24, 2.45) is 0 Å². The minimum Gasteiger partial charge on any atom is -0.321 e. The van der Waals surface area contributed by atoms with Crippen molar-refractivity contribution in [3.63, 3.8) is 0 Å². The first-order chi connectivity index (χ1) is 10.5. The van der Waals surface area contributed by atoms with Crippen LogP contribution in [0.3, 0.4) is 0 Å². The van der Waals surface area contributed by atoms with Crippen LogP contribution in [0.1, 0.15) is 21.6 Å². The highest BCUT2D eigenvalue weighted by Gasteiger charge is 2.13. The van der Waals surface area contributed by atoms with E-state index in [1.54, 1.807) is 0 Å². The van der Waals surface area contributed by atoms with E-state index in [0.717, 1.165) is 31.4 Å². The van der Waals surface area contributed by atoms with Gasteiger partial charge in [0.25, 0.3) is 5.91 Å². The van der Waals surface area contributed by atoms with Gasteiger partial charge in [-0.15, -0.1) is 0 Å². The van der Waals surface area contributed by atoms with Crippen LogP contribution in [-0.2, 0) is 0 Å². The van der Waals surface area contributed by atoms with Crippen molar-refractivity contribution in [3.8, 4) is 0 Å². The van der Waals surface area contributed by atoms with Gasteiger partial charge < -0.3 is 5.32 Å². The van der Waals surface area contributed by atoms with Crippen LogP contribution in [0.25, 0.3) is 10.9 Å². The molecule has 4 heteroatoms. The van der Waals surface area contributed by atoms with E-state index in [0.29, 0.717) is 5.56 Å². The molecule has 0 spiro atoms. The number of fused-ring (bicyclic) bond motifs is 1. The van der Waals surface area contributed by atoms with Crippen molar-refractivity contribution < 1.29 is 4.79 Å². The van der Waals surface area contributed by atoms with Crippen molar-refractivity contribution in [3.05, 3.63) is 68.9 Å². The highest BCUT2D eigenvalue weighted by atomic mass is 127. The molecule has 0 aliphatic rings. The summed E-state index contributed by atoms with van der Waals surface area (Å²) < 4.78 is 1.01. The number of rotatable bonds is 2. The van der Waals surface area contributed by atoms with Gasteiger partial charge in [-0.3, -0.25) is 9.78 Å². The van der Waals surface area contributed by atoms with Crippen LogP contribution in [0.15, 0.2) is 48.5 Å². The number of aromatic nitrogens is 1. The van der Waals surface area contributed by atoms with E-state index in [1.165, 1.54) is 0 Å². The third-order valence-corrected chi connectivity index (χ3v) is 4.40. The van der Waals surface area contributed by atoms with Gasteiger partial charge in [-0.25, -0.2) is 0 Å². The number of para-hydroxylation sites is 1. The Morgan fingerprint density at radius 2 is 1.86 bits per heavy atom. The fourth-order valence-electron chi connectivity index (χ4n) is 2.41. The second-order valence-electron chi connectivity index (χ2n) is 5.27. The quantitative estimate of drug-likeness (QED) is 0.631. The summed E-state index contributed by atoms with van der Waals surface area (Å²) in [5.41, 5.74) is 4.28. The Morgan fingerprint density at radius 3 is 2.64 bits per heavy atom. The molecule has 2 aromatic carbocycles. The summed E-state index contributed by atoms with van der Waals surface area (Å²) in [6.45, 7) is 3.92. The summed E-state index contributed by atoms with van der Waals surface area (Å²) in [6, 6.07) is 15.6. The van der Waals surface area contributed by atoms with Gasteiger partial charge in [-0.2, -0.15) is 0 Å². The summed E-state index contributed by atoms with van der Waals surface area (Å²) in [5.74, 6) is -0.106. The Morgan fingerprint density at radius 1 is 1.09 bits per heavy atom. The lowest BCUT2D eigenvalue weighted by molar-refractivity contribution is 0.102. The van der Waals surface area contributed by atoms with Crippen LogP contribution in [0.4, 0.5) is 5.69 Å². The lowest BCUT2D eigenvalue weighted by Crippen LogP contribution is -2.14. The Hall–Kier alpha value is -1.95. The molecule has 3 rings (SSSR count). The topological polar surface area (TPSA) is 42.0 Å². The number of carbonyl (C=O) groups is 1. The van der Waals surface area contributed by atoms with Gasteiger partial charge in [0.05, 0.1) is 16.8 Å². The number of nitrogens with zero attached hydrogens (tertiary/aromatic N) is 1. The molecule has 1 aromatic heterocycles. The van der Waals surface area contributed by atoms with Crippen molar-refractivity contribution in [1.29, 1.82) is 0 Å². The predicted molar refractivity (Wildman–Crippen MR) is 98.3 cm³/mol. The maximum absolute atomic E-state index is 12.7. The number of nitrogens with one attached hydrogen (secondary N) is 1. The predicted octanol–water partition coefficient (Wildman–Crippen LogP) is 4.71. The molecule has 0 aliphatic heterocycles. The van der Waals surface area contributed by atoms with Gasteiger partial charge in [0.15, 0.2) is 0 Å². The normalized spacial score (nSPS) is 10.7. The number of pyridine rings is 1. The number of amides is 1. The molecule has 22 heavy (non-hydrogen) atoms. The maximum Gasteiger partial charge on any atom is 0.256 e. The summed E-state index contributed by atoms with van der Waals surface area (Å²) in [4.78, 5) is 17.2. The molecule has 0 aliphatic carbocycles. The van der Waals surface area contributed by atoms with E-state index in [2.05, 4.69) is 32.9 Å². The lowest BCUT2D eigenvalue weighted by atomic mass is 10.0. The molecule has 0 fully saturated rings. The number of carbonyl (C=O) groups excluding carboxylic acids is 1. The standard InChI is InChI=1S/C18H15IN2O/c1-11-7-8-16-13(9-11)14(10-12(2)20-16)18(22)21-17-6-4-3-5-15(17)19/h3-10H,1-2H3,(H,21,22). The highest BCUT2D eigenvalue weighted by Crippen LogP contribution is 2.23. The third kappa shape index (κ3) is 2.97. The van der Waals surface area contributed by atoms with Crippen molar-refractivity contribution in [1.82, 2.24) is 4.98 Å². The smallest absolute Gasteiger partial charge is 0.256 e. The molecule has 110 valence electrons. The lowest BCUT2D eigenvalue weighted by Gasteiger charge is -2.11. The fourth-order valence-corrected chi connectivity index (χ4v) is 2.93. The summed E-state index contributed by atoms with van der Waals surface area (Å²) in [6.07, 6.45) is 0. The minimum absolute atomic E-state index is 0.106. The molecular weight excluding hydrogens is 387 g/mol. The maximum atomic E-state index is 12.7. The molecule has 0 saturated carbocycles. The molecule has 0 bridgehead atoms. The Bertz CT molecular complexity index is 874. The molecule has 1 N–H and O–H groups in total. The number of halogens is 1. The zero-order valence-electron chi connectivity index (χ0n) is 12.4. The molecule has 0 atom stereocenters. The fraction of sp³-hybridized carbons (Fsp3) is 0.111. The van der Waals surface area contributed by atoms with Crippen molar-refractivity contribution >= 4 is 45.1 Å². The third-order valence-electron chi connectivity index (χ3n) is 3.46. The Kier molecular flexibility index (Phi) is 4.11. The van der Waals surface area contributed by atoms with E-state index < -0.39 is 0 Å². The second kappa shape index (κ2) is 6.04. The molecule has 0 radical (unpaired) electrons. The molecule has 1 heterocycles. The van der Waals surface area contributed by atoms with Crippen LogP contribution in [0.5, 0.6) is 0 Å². The summed E-state index contributed by atoms with van der Waals surface area (Å²) in [7, 11) is 0. The minimum atomic E-state index is -0.106. The number of hydrogen-bond donors (Lipinski definition) is 1. The molecule has 0 saturated heterocycles. The van der Waals surface area contributed by atoms with Gasteiger partial charge in [-0.05, 0) is 66.8 Å². The van der Waals surface area contributed by atoms with Gasteiger partial charge in [0, 0.05) is 14.7 Å². The van der Waals surface area contributed by atoms with Crippen LogP contribution in [-0.4, -0.2) is 10.9 Å². The molecule has 3 nitrogen and oxygen atoms in total. The largest absolute Gasteiger partial charge is 0.321 e. The number of aryl methyl sites for hydroxylation is 2. The number of anilines is 1. The molecule has 0 unspecified atom stereocenters. The zero-order chi connectivity index (χ0) is 15.7. The van der Waals surface area contributed by atoms with Gasteiger partial charge in [0.1, 0.15) is 0 Å². The summed E-state index contributed by atoms with van der Waals surface area (Å²) in [5, 5.41) is 3.87. The highest BCUT2D eigenvalue weighted by molar-refractivity contribution is 14.1. The van der Waals surface area contributed by atoms with E-state index >= 15 is 0 Å². The van der Waals surface area contributed by atoms with Gasteiger partial charge in [0.2, 0.25) is 0 Å². The number of benzene rings is 2. The van der Waals surface area contributed by atoms with Crippen molar-refractivity contribution in [2.45, 2.75) is 13.8 Å². The van der Waals surface area contributed by atoms with Crippen LogP contribution >= 0.6 is 22.6 Å².